The van der Waals surface area contributed by atoms with Gasteiger partial charge in [0.2, 0.25) is 0 Å². The molecule has 2 N–H and O–H groups in total. The summed E-state index contributed by atoms with van der Waals surface area (Å²) >= 11 is 5.24. The van der Waals surface area contributed by atoms with E-state index in [2.05, 4.69) is 32.0 Å². The predicted octanol–water partition coefficient (Wildman–Crippen LogP) is 3.68. The molecule has 94 valence electrons. The van der Waals surface area contributed by atoms with E-state index < -0.39 is 0 Å². The number of benzene rings is 1. The van der Waals surface area contributed by atoms with E-state index in [4.69, 9.17) is 5.73 Å². The molecular formula is C13H14BrN3S. The summed E-state index contributed by atoms with van der Waals surface area (Å²) < 4.78 is 1.10. The molecule has 0 aliphatic heterocycles. The van der Waals surface area contributed by atoms with Crippen molar-refractivity contribution < 1.29 is 0 Å². The second-order valence-electron chi connectivity index (χ2n) is 3.76. The topological polar surface area (TPSA) is 51.8 Å². The third-order valence-corrected chi connectivity index (χ3v) is 4.50. The largest absolute Gasteiger partial charge is 0.396 e. The fourth-order valence-electron chi connectivity index (χ4n) is 1.52. The van der Waals surface area contributed by atoms with E-state index in [9.17, 15) is 0 Å². The van der Waals surface area contributed by atoms with Gasteiger partial charge in [-0.25, -0.2) is 9.97 Å². The minimum Gasteiger partial charge on any atom is -0.396 e. The van der Waals surface area contributed by atoms with E-state index in [1.807, 2.05) is 25.1 Å². The highest BCUT2D eigenvalue weighted by Crippen LogP contribution is 2.29. The Morgan fingerprint density at radius 1 is 1.33 bits per heavy atom. The van der Waals surface area contributed by atoms with Gasteiger partial charge in [0.1, 0.15) is 5.82 Å². The van der Waals surface area contributed by atoms with Gasteiger partial charge in [0.25, 0.3) is 0 Å². The van der Waals surface area contributed by atoms with Crippen molar-refractivity contribution in [3.8, 4) is 0 Å². The van der Waals surface area contributed by atoms with Crippen LogP contribution >= 0.6 is 27.7 Å². The Morgan fingerprint density at radius 2 is 2.11 bits per heavy atom. The standard InChI is InChI=1S/C13H14BrN3S/c1-2-11-10(15)7-16-13(17-11)8-18-12-6-4-3-5-9(12)14/h3-7H,2,8,15H2,1H3. The molecule has 0 radical (unpaired) electrons. The Kier molecular flexibility index (Phi) is 4.60. The molecule has 0 atom stereocenters. The van der Waals surface area contributed by atoms with Gasteiger partial charge >= 0.3 is 0 Å². The molecule has 0 saturated heterocycles. The average Bonchev–Trinajstić information content (AvgIpc) is 2.39. The number of aryl methyl sites for hydroxylation is 1. The number of anilines is 1. The van der Waals surface area contributed by atoms with Crippen LogP contribution in [-0.4, -0.2) is 9.97 Å². The molecule has 0 aliphatic rings. The molecule has 0 bridgehead atoms. The van der Waals surface area contributed by atoms with Crippen LogP contribution in [0.3, 0.4) is 0 Å². The van der Waals surface area contributed by atoms with E-state index in [1.165, 1.54) is 4.90 Å². The van der Waals surface area contributed by atoms with Crippen LogP contribution in [0, 0.1) is 0 Å². The Labute approximate surface area is 119 Å². The van der Waals surface area contributed by atoms with Crippen LogP contribution in [0.5, 0.6) is 0 Å². The van der Waals surface area contributed by atoms with Crippen LogP contribution < -0.4 is 5.73 Å². The summed E-state index contributed by atoms with van der Waals surface area (Å²) in [5.74, 6) is 1.57. The number of halogens is 1. The molecule has 0 amide bonds. The molecule has 0 saturated carbocycles. The fraction of sp³-hybridized carbons (Fsp3) is 0.231. The highest BCUT2D eigenvalue weighted by molar-refractivity contribution is 9.10. The lowest BCUT2D eigenvalue weighted by Gasteiger charge is -2.06. The number of nitrogens with zero attached hydrogens (tertiary/aromatic N) is 2. The van der Waals surface area contributed by atoms with Crippen molar-refractivity contribution in [3.63, 3.8) is 0 Å². The van der Waals surface area contributed by atoms with Gasteiger partial charge in [-0.05, 0) is 34.5 Å². The van der Waals surface area contributed by atoms with Gasteiger partial charge in [0.15, 0.2) is 0 Å². The SMILES string of the molecule is CCc1nc(CSc2ccccc2Br)ncc1N. The Hall–Kier alpha value is -1.07. The van der Waals surface area contributed by atoms with Gasteiger partial charge in [-0.15, -0.1) is 11.8 Å². The minimum atomic E-state index is 0.673. The van der Waals surface area contributed by atoms with Crippen molar-refractivity contribution in [1.29, 1.82) is 0 Å². The van der Waals surface area contributed by atoms with E-state index in [-0.39, 0.29) is 0 Å². The zero-order chi connectivity index (χ0) is 13.0. The molecule has 0 fully saturated rings. The molecule has 1 aromatic carbocycles. The zero-order valence-electron chi connectivity index (χ0n) is 10.1. The molecule has 1 heterocycles. The Bertz CT molecular complexity index is 546. The van der Waals surface area contributed by atoms with Gasteiger partial charge in [-0.2, -0.15) is 0 Å². The van der Waals surface area contributed by atoms with Gasteiger partial charge < -0.3 is 5.73 Å². The molecule has 3 nitrogen and oxygen atoms in total. The van der Waals surface area contributed by atoms with Crippen LogP contribution in [0.1, 0.15) is 18.4 Å². The number of rotatable bonds is 4. The summed E-state index contributed by atoms with van der Waals surface area (Å²) in [6.45, 7) is 2.05. The van der Waals surface area contributed by atoms with Crippen LogP contribution in [-0.2, 0) is 12.2 Å². The highest BCUT2D eigenvalue weighted by Gasteiger charge is 2.05. The Morgan fingerprint density at radius 3 is 2.83 bits per heavy atom. The van der Waals surface area contributed by atoms with Gasteiger partial charge in [0.05, 0.1) is 23.3 Å². The lowest BCUT2D eigenvalue weighted by Crippen LogP contribution is -2.02. The van der Waals surface area contributed by atoms with Gasteiger partial charge in [-0.3, -0.25) is 0 Å². The maximum absolute atomic E-state index is 5.79. The van der Waals surface area contributed by atoms with E-state index in [1.54, 1.807) is 18.0 Å². The molecule has 1 aromatic heterocycles. The summed E-state index contributed by atoms with van der Waals surface area (Å²) in [4.78, 5) is 9.91. The van der Waals surface area contributed by atoms with Crippen LogP contribution in [0.2, 0.25) is 0 Å². The van der Waals surface area contributed by atoms with Crippen LogP contribution in [0.4, 0.5) is 5.69 Å². The average molecular weight is 324 g/mol. The molecule has 2 aromatic rings. The summed E-state index contributed by atoms with van der Waals surface area (Å²) in [7, 11) is 0. The van der Waals surface area contributed by atoms with Gasteiger partial charge in [0, 0.05) is 9.37 Å². The van der Waals surface area contributed by atoms with Crippen molar-refractivity contribution >= 4 is 33.4 Å². The first-order chi connectivity index (χ1) is 8.70. The molecular weight excluding hydrogens is 310 g/mol. The number of hydrogen-bond acceptors (Lipinski definition) is 4. The third-order valence-electron chi connectivity index (χ3n) is 2.48. The number of hydrogen-bond donors (Lipinski definition) is 1. The van der Waals surface area contributed by atoms with Gasteiger partial charge in [-0.1, -0.05) is 19.1 Å². The Balaban J connectivity index is 2.09. The number of aromatic nitrogens is 2. The lowest BCUT2D eigenvalue weighted by molar-refractivity contribution is 0.945. The lowest BCUT2D eigenvalue weighted by atomic mass is 10.3. The summed E-state index contributed by atoms with van der Waals surface area (Å²) in [6, 6.07) is 8.13. The maximum atomic E-state index is 5.79. The van der Waals surface area contributed by atoms with Crippen molar-refractivity contribution in [2.75, 3.05) is 5.73 Å². The molecule has 2 rings (SSSR count). The zero-order valence-corrected chi connectivity index (χ0v) is 12.5. The normalized spacial score (nSPS) is 10.6. The fourth-order valence-corrected chi connectivity index (χ4v) is 2.96. The smallest absolute Gasteiger partial charge is 0.138 e. The molecule has 0 aliphatic carbocycles. The minimum absolute atomic E-state index is 0.673. The van der Waals surface area contributed by atoms with Crippen molar-refractivity contribution in [2.45, 2.75) is 24.0 Å². The molecule has 5 heteroatoms. The molecule has 0 unspecified atom stereocenters. The predicted molar refractivity (Wildman–Crippen MR) is 79.5 cm³/mol. The number of nitrogen functional groups attached to an aromatic ring is 1. The molecule has 0 spiro atoms. The third kappa shape index (κ3) is 3.23. The van der Waals surface area contributed by atoms with E-state index in [0.717, 1.165) is 28.2 Å². The monoisotopic (exact) mass is 323 g/mol. The summed E-state index contributed by atoms with van der Waals surface area (Å²) in [6.07, 6.45) is 2.53. The summed E-state index contributed by atoms with van der Waals surface area (Å²) in [5, 5.41) is 0. The van der Waals surface area contributed by atoms with Crippen molar-refractivity contribution in [1.82, 2.24) is 9.97 Å². The molecule has 18 heavy (non-hydrogen) atoms. The van der Waals surface area contributed by atoms with E-state index in [0.29, 0.717) is 5.69 Å². The van der Waals surface area contributed by atoms with Crippen LogP contribution in [0.25, 0.3) is 0 Å². The second-order valence-corrected chi connectivity index (χ2v) is 5.63. The first kappa shape index (κ1) is 13.4. The highest BCUT2D eigenvalue weighted by atomic mass is 79.9. The number of nitrogens with two attached hydrogens (primary N) is 1. The quantitative estimate of drug-likeness (QED) is 0.872. The van der Waals surface area contributed by atoms with E-state index >= 15 is 0 Å². The number of thioether (sulfide) groups is 1. The first-order valence-electron chi connectivity index (χ1n) is 5.68. The maximum Gasteiger partial charge on any atom is 0.138 e. The van der Waals surface area contributed by atoms with Crippen molar-refractivity contribution in [3.05, 3.63) is 46.5 Å². The summed E-state index contributed by atoms with van der Waals surface area (Å²) in [5.41, 5.74) is 7.39. The second kappa shape index (κ2) is 6.20. The first-order valence-corrected chi connectivity index (χ1v) is 7.46. The van der Waals surface area contributed by atoms with Crippen molar-refractivity contribution in [2.24, 2.45) is 0 Å². The van der Waals surface area contributed by atoms with Crippen LogP contribution in [0.15, 0.2) is 39.8 Å².